The molecular formula is C23H25NO3. The van der Waals surface area contributed by atoms with Gasteiger partial charge in [0.2, 0.25) is 0 Å². The van der Waals surface area contributed by atoms with Crippen molar-refractivity contribution in [2.24, 2.45) is 0 Å². The molecule has 0 aliphatic carbocycles. The molecule has 4 heteroatoms. The molecule has 140 valence electrons. The minimum atomic E-state index is -0.275. The van der Waals surface area contributed by atoms with Gasteiger partial charge in [-0.15, -0.1) is 0 Å². The Morgan fingerprint density at radius 3 is 2.52 bits per heavy atom. The summed E-state index contributed by atoms with van der Waals surface area (Å²) < 4.78 is 11.6. The Morgan fingerprint density at radius 1 is 1.07 bits per heavy atom. The Bertz CT molecular complexity index is 1050. The van der Waals surface area contributed by atoms with Crippen molar-refractivity contribution in [3.05, 3.63) is 69.1 Å². The number of ether oxygens (including phenoxy) is 1. The fourth-order valence-electron chi connectivity index (χ4n) is 3.63. The molecule has 1 aromatic heterocycles. The van der Waals surface area contributed by atoms with Crippen molar-refractivity contribution >= 4 is 16.7 Å². The molecule has 1 aliphatic rings. The first-order chi connectivity index (χ1) is 13.0. The van der Waals surface area contributed by atoms with Crippen LogP contribution in [0.4, 0.5) is 5.69 Å². The third-order valence-corrected chi connectivity index (χ3v) is 5.85. The fraction of sp³-hybridized carbons (Fsp3) is 0.348. The standard InChI is InChI=1S/C23H25NO3/c1-5-14(2)17-6-8-18(9-7-17)24-12-20-21(26-13-24)11-10-19-15(3)16(4)23(25)27-22(19)20/h6-11,14H,5,12-13H2,1-4H3. The van der Waals surface area contributed by atoms with E-state index in [4.69, 9.17) is 9.15 Å². The molecule has 0 N–H and O–H groups in total. The molecule has 0 amide bonds. The highest BCUT2D eigenvalue weighted by Gasteiger charge is 2.23. The smallest absolute Gasteiger partial charge is 0.339 e. The van der Waals surface area contributed by atoms with Crippen LogP contribution >= 0.6 is 0 Å². The molecule has 0 spiro atoms. The molecule has 1 unspecified atom stereocenters. The molecule has 0 saturated heterocycles. The van der Waals surface area contributed by atoms with E-state index < -0.39 is 0 Å². The summed E-state index contributed by atoms with van der Waals surface area (Å²) in [6, 6.07) is 12.6. The van der Waals surface area contributed by atoms with Gasteiger partial charge in [0, 0.05) is 16.6 Å². The zero-order chi connectivity index (χ0) is 19.1. The van der Waals surface area contributed by atoms with Crippen molar-refractivity contribution in [1.82, 2.24) is 0 Å². The number of hydrogen-bond donors (Lipinski definition) is 0. The van der Waals surface area contributed by atoms with E-state index >= 15 is 0 Å². The lowest BCUT2D eigenvalue weighted by Gasteiger charge is -2.31. The molecule has 2 heterocycles. The van der Waals surface area contributed by atoms with Gasteiger partial charge in [-0.2, -0.15) is 0 Å². The molecule has 1 atom stereocenters. The maximum Gasteiger partial charge on any atom is 0.339 e. The Labute approximate surface area is 159 Å². The first kappa shape index (κ1) is 17.7. The second kappa shape index (κ2) is 6.76. The maximum absolute atomic E-state index is 12.2. The predicted molar refractivity (Wildman–Crippen MR) is 109 cm³/mol. The van der Waals surface area contributed by atoms with Gasteiger partial charge in [0.15, 0.2) is 6.73 Å². The summed E-state index contributed by atoms with van der Waals surface area (Å²) in [7, 11) is 0. The van der Waals surface area contributed by atoms with Gasteiger partial charge < -0.3 is 14.1 Å². The minimum Gasteiger partial charge on any atom is -0.473 e. The monoisotopic (exact) mass is 363 g/mol. The van der Waals surface area contributed by atoms with E-state index in [1.165, 1.54) is 5.56 Å². The van der Waals surface area contributed by atoms with Crippen molar-refractivity contribution in [1.29, 1.82) is 0 Å². The zero-order valence-corrected chi connectivity index (χ0v) is 16.3. The molecular weight excluding hydrogens is 338 g/mol. The van der Waals surface area contributed by atoms with E-state index in [1.54, 1.807) is 0 Å². The van der Waals surface area contributed by atoms with Crippen molar-refractivity contribution in [2.75, 3.05) is 11.6 Å². The van der Waals surface area contributed by atoms with Crippen LogP contribution in [0.25, 0.3) is 11.0 Å². The van der Waals surface area contributed by atoms with Gasteiger partial charge >= 0.3 is 5.63 Å². The number of hydrogen-bond acceptors (Lipinski definition) is 4. The quantitative estimate of drug-likeness (QED) is 0.594. The van der Waals surface area contributed by atoms with Crippen LogP contribution in [-0.2, 0) is 6.54 Å². The molecule has 0 fully saturated rings. The van der Waals surface area contributed by atoms with Crippen molar-refractivity contribution in [3.8, 4) is 5.75 Å². The van der Waals surface area contributed by atoms with E-state index in [-0.39, 0.29) is 5.63 Å². The maximum atomic E-state index is 12.2. The van der Waals surface area contributed by atoms with Crippen LogP contribution in [0.15, 0.2) is 45.6 Å². The van der Waals surface area contributed by atoms with Gasteiger partial charge in [0.1, 0.15) is 11.3 Å². The molecule has 3 aromatic rings. The summed E-state index contributed by atoms with van der Waals surface area (Å²) in [6.45, 7) is 9.36. The predicted octanol–water partition coefficient (Wildman–Crippen LogP) is 5.28. The van der Waals surface area contributed by atoms with E-state index in [2.05, 4.69) is 43.0 Å². The number of fused-ring (bicyclic) bond motifs is 3. The first-order valence-electron chi connectivity index (χ1n) is 9.53. The average molecular weight is 363 g/mol. The SMILES string of the molecule is CCC(C)c1ccc(N2COc3ccc4c(C)c(C)c(=O)oc4c3C2)cc1. The van der Waals surface area contributed by atoms with Gasteiger partial charge in [0.05, 0.1) is 12.1 Å². The molecule has 0 radical (unpaired) electrons. The Hall–Kier alpha value is -2.75. The summed E-state index contributed by atoms with van der Waals surface area (Å²) >= 11 is 0. The highest BCUT2D eigenvalue weighted by atomic mass is 16.5. The van der Waals surface area contributed by atoms with Crippen LogP contribution in [0.5, 0.6) is 5.75 Å². The van der Waals surface area contributed by atoms with Crippen LogP contribution in [0.1, 0.15) is 48.4 Å². The molecule has 4 rings (SSSR count). The van der Waals surface area contributed by atoms with Gasteiger partial charge in [-0.1, -0.05) is 26.0 Å². The number of aryl methyl sites for hydroxylation is 1. The summed E-state index contributed by atoms with van der Waals surface area (Å²) in [5, 5.41) is 0.975. The fourth-order valence-corrected chi connectivity index (χ4v) is 3.63. The third-order valence-electron chi connectivity index (χ3n) is 5.85. The Morgan fingerprint density at radius 2 is 1.81 bits per heavy atom. The number of benzene rings is 2. The van der Waals surface area contributed by atoms with Crippen molar-refractivity contribution in [2.45, 2.75) is 46.6 Å². The van der Waals surface area contributed by atoms with E-state index in [0.717, 1.165) is 34.4 Å². The number of rotatable bonds is 3. The second-order valence-corrected chi connectivity index (χ2v) is 7.43. The lowest BCUT2D eigenvalue weighted by molar-refractivity contribution is 0.289. The van der Waals surface area contributed by atoms with Gasteiger partial charge in [0.25, 0.3) is 0 Å². The van der Waals surface area contributed by atoms with Crippen LogP contribution in [0, 0.1) is 13.8 Å². The number of nitrogens with zero attached hydrogens (tertiary/aromatic N) is 1. The van der Waals surface area contributed by atoms with E-state index in [0.29, 0.717) is 30.3 Å². The molecule has 4 nitrogen and oxygen atoms in total. The number of anilines is 1. The third kappa shape index (κ3) is 2.99. The molecule has 1 aliphatic heterocycles. The van der Waals surface area contributed by atoms with Crippen LogP contribution in [0.2, 0.25) is 0 Å². The molecule has 27 heavy (non-hydrogen) atoms. The van der Waals surface area contributed by atoms with Crippen LogP contribution in [-0.4, -0.2) is 6.73 Å². The lowest BCUT2D eigenvalue weighted by atomic mass is 9.98. The summed E-state index contributed by atoms with van der Waals surface area (Å²) in [5.41, 5.74) is 5.39. The second-order valence-electron chi connectivity index (χ2n) is 7.43. The summed E-state index contributed by atoms with van der Waals surface area (Å²) in [4.78, 5) is 14.4. The van der Waals surface area contributed by atoms with Crippen LogP contribution in [0.3, 0.4) is 0 Å². The Kier molecular flexibility index (Phi) is 4.42. The first-order valence-corrected chi connectivity index (χ1v) is 9.53. The van der Waals surface area contributed by atoms with Crippen molar-refractivity contribution in [3.63, 3.8) is 0 Å². The van der Waals surface area contributed by atoms with E-state index in [9.17, 15) is 4.79 Å². The van der Waals surface area contributed by atoms with Gasteiger partial charge in [-0.3, -0.25) is 0 Å². The van der Waals surface area contributed by atoms with E-state index in [1.807, 2.05) is 26.0 Å². The zero-order valence-electron chi connectivity index (χ0n) is 16.3. The molecule has 2 aromatic carbocycles. The lowest BCUT2D eigenvalue weighted by Crippen LogP contribution is -2.32. The largest absolute Gasteiger partial charge is 0.473 e. The van der Waals surface area contributed by atoms with Crippen molar-refractivity contribution < 1.29 is 9.15 Å². The highest BCUT2D eigenvalue weighted by Crippen LogP contribution is 2.35. The summed E-state index contributed by atoms with van der Waals surface area (Å²) in [6.07, 6.45) is 1.13. The summed E-state index contributed by atoms with van der Waals surface area (Å²) in [5.74, 6) is 1.35. The van der Waals surface area contributed by atoms with Crippen LogP contribution < -0.4 is 15.3 Å². The average Bonchev–Trinajstić information content (AvgIpc) is 2.71. The van der Waals surface area contributed by atoms with Gasteiger partial charge in [-0.25, -0.2) is 4.79 Å². The topological polar surface area (TPSA) is 42.7 Å². The minimum absolute atomic E-state index is 0.275. The normalized spacial score (nSPS) is 14.7. The van der Waals surface area contributed by atoms with Gasteiger partial charge in [-0.05, 0) is 61.6 Å². The highest BCUT2D eigenvalue weighted by molar-refractivity contribution is 5.86. The molecule has 0 bridgehead atoms. The Balaban J connectivity index is 1.73. The molecule has 0 saturated carbocycles.